The molecule has 0 aromatic heterocycles. The first kappa shape index (κ1) is 12.5. The summed E-state index contributed by atoms with van der Waals surface area (Å²) < 4.78 is 0. The number of nitrogens with one attached hydrogen (secondary N) is 1. The zero-order valence-corrected chi connectivity index (χ0v) is 9.75. The molecule has 88 valence electrons. The number of carbonyl (C=O) groups excluding carboxylic acids is 1. The number of rotatable bonds is 5. The fraction of sp³-hybridized carbons (Fsp3) is 0.909. The standard InChI is InChI=1S/C11H22N2O2/c1-3-13(8-5-9-14)10(15)11(2)6-4-7-12-11/h12,14H,3-9H2,1-2H3. The zero-order chi connectivity index (χ0) is 11.3. The molecular weight excluding hydrogens is 192 g/mol. The van der Waals surface area contributed by atoms with Gasteiger partial charge in [-0.3, -0.25) is 4.79 Å². The molecule has 4 heteroatoms. The molecule has 1 rings (SSSR count). The summed E-state index contributed by atoms with van der Waals surface area (Å²) in [4.78, 5) is 14.0. The van der Waals surface area contributed by atoms with E-state index in [0.29, 0.717) is 13.0 Å². The van der Waals surface area contributed by atoms with Gasteiger partial charge in [0, 0.05) is 19.7 Å². The third-order valence-corrected chi connectivity index (χ3v) is 3.10. The van der Waals surface area contributed by atoms with E-state index < -0.39 is 0 Å². The molecule has 1 aliphatic heterocycles. The number of nitrogens with zero attached hydrogens (tertiary/aromatic N) is 1. The van der Waals surface area contributed by atoms with Crippen LogP contribution in [-0.2, 0) is 4.79 Å². The van der Waals surface area contributed by atoms with Gasteiger partial charge in [-0.2, -0.15) is 0 Å². The van der Waals surface area contributed by atoms with Crippen LogP contribution in [0.5, 0.6) is 0 Å². The molecule has 0 bridgehead atoms. The van der Waals surface area contributed by atoms with E-state index in [9.17, 15) is 4.79 Å². The van der Waals surface area contributed by atoms with Gasteiger partial charge < -0.3 is 15.3 Å². The molecule has 1 amide bonds. The van der Waals surface area contributed by atoms with Crippen LogP contribution in [0.25, 0.3) is 0 Å². The van der Waals surface area contributed by atoms with Crippen molar-refractivity contribution < 1.29 is 9.90 Å². The molecule has 1 unspecified atom stereocenters. The Morgan fingerprint density at radius 1 is 1.60 bits per heavy atom. The van der Waals surface area contributed by atoms with Crippen LogP contribution in [0.3, 0.4) is 0 Å². The Hall–Kier alpha value is -0.610. The van der Waals surface area contributed by atoms with E-state index in [1.54, 1.807) is 0 Å². The average Bonchev–Trinajstić information content (AvgIpc) is 2.67. The van der Waals surface area contributed by atoms with Crippen molar-refractivity contribution in [3.8, 4) is 0 Å². The molecule has 0 aliphatic carbocycles. The molecule has 0 saturated carbocycles. The Morgan fingerprint density at radius 3 is 2.80 bits per heavy atom. The number of amides is 1. The van der Waals surface area contributed by atoms with E-state index in [1.807, 2.05) is 18.7 Å². The van der Waals surface area contributed by atoms with E-state index in [-0.39, 0.29) is 18.1 Å². The highest BCUT2D eigenvalue weighted by molar-refractivity contribution is 5.86. The van der Waals surface area contributed by atoms with Crippen molar-refractivity contribution in [1.82, 2.24) is 10.2 Å². The average molecular weight is 214 g/mol. The van der Waals surface area contributed by atoms with Gasteiger partial charge in [-0.25, -0.2) is 0 Å². The summed E-state index contributed by atoms with van der Waals surface area (Å²) in [7, 11) is 0. The lowest BCUT2D eigenvalue weighted by Crippen LogP contribution is -2.53. The summed E-state index contributed by atoms with van der Waals surface area (Å²) >= 11 is 0. The normalized spacial score (nSPS) is 25.5. The van der Waals surface area contributed by atoms with E-state index in [0.717, 1.165) is 25.9 Å². The second kappa shape index (κ2) is 5.47. The number of aliphatic hydroxyl groups excluding tert-OH is 1. The van der Waals surface area contributed by atoms with Crippen LogP contribution >= 0.6 is 0 Å². The van der Waals surface area contributed by atoms with Crippen LogP contribution in [-0.4, -0.2) is 47.7 Å². The SMILES string of the molecule is CCN(CCCO)C(=O)C1(C)CCCN1. The highest BCUT2D eigenvalue weighted by Gasteiger charge is 2.38. The Bertz CT molecular complexity index is 213. The van der Waals surface area contributed by atoms with Crippen molar-refractivity contribution in [3.63, 3.8) is 0 Å². The van der Waals surface area contributed by atoms with Crippen LogP contribution in [0, 0.1) is 0 Å². The first-order valence-electron chi connectivity index (χ1n) is 5.79. The molecule has 1 fully saturated rings. The highest BCUT2D eigenvalue weighted by Crippen LogP contribution is 2.21. The summed E-state index contributed by atoms with van der Waals surface area (Å²) in [6, 6.07) is 0. The van der Waals surface area contributed by atoms with Crippen molar-refractivity contribution in [3.05, 3.63) is 0 Å². The smallest absolute Gasteiger partial charge is 0.242 e. The zero-order valence-electron chi connectivity index (χ0n) is 9.75. The number of aliphatic hydroxyl groups is 1. The second-order valence-corrected chi connectivity index (χ2v) is 4.32. The van der Waals surface area contributed by atoms with Crippen molar-refractivity contribution >= 4 is 5.91 Å². The molecule has 15 heavy (non-hydrogen) atoms. The Labute approximate surface area is 91.6 Å². The van der Waals surface area contributed by atoms with E-state index in [2.05, 4.69) is 5.32 Å². The van der Waals surface area contributed by atoms with Crippen molar-refractivity contribution in [2.45, 2.75) is 38.6 Å². The molecule has 4 nitrogen and oxygen atoms in total. The summed E-state index contributed by atoms with van der Waals surface area (Å²) in [6.45, 7) is 6.41. The van der Waals surface area contributed by atoms with Crippen LogP contribution in [0.2, 0.25) is 0 Å². The summed E-state index contributed by atoms with van der Waals surface area (Å²) in [5.41, 5.74) is -0.370. The summed E-state index contributed by atoms with van der Waals surface area (Å²) in [5, 5.41) is 12.0. The molecule has 1 saturated heterocycles. The number of hydrogen-bond donors (Lipinski definition) is 2. The van der Waals surface area contributed by atoms with Gasteiger partial charge in [-0.15, -0.1) is 0 Å². The van der Waals surface area contributed by atoms with Crippen LogP contribution in [0.4, 0.5) is 0 Å². The summed E-state index contributed by atoms with van der Waals surface area (Å²) in [6.07, 6.45) is 2.65. The minimum Gasteiger partial charge on any atom is -0.396 e. The Balaban J connectivity index is 2.55. The van der Waals surface area contributed by atoms with Crippen LogP contribution in [0.15, 0.2) is 0 Å². The molecular formula is C11H22N2O2. The maximum absolute atomic E-state index is 12.2. The van der Waals surface area contributed by atoms with Crippen molar-refractivity contribution in [2.75, 3.05) is 26.2 Å². The molecule has 2 N–H and O–H groups in total. The fourth-order valence-electron chi connectivity index (χ4n) is 2.09. The van der Waals surface area contributed by atoms with Gasteiger partial charge >= 0.3 is 0 Å². The third-order valence-electron chi connectivity index (χ3n) is 3.10. The first-order valence-corrected chi connectivity index (χ1v) is 5.79. The van der Waals surface area contributed by atoms with Gasteiger partial charge in [0.05, 0.1) is 5.54 Å². The second-order valence-electron chi connectivity index (χ2n) is 4.32. The first-order chi connectivity index (χ1) is 7.14. The van der Waals surface area contributed by atoms with Crippen LogP contribution < -0.4 is 5.32 Å². The minimum atomic E-state index is -0.370. The quantitative estimate of drug-likeness (QED) is 0.695. The lowest BCUT2D eigenvalue weighted by atomic mass is 9.98. The molecule has 0 radical (unpaired) electrons. The number of carbonyl (C=O) groups is 1. The third kappa shape index (κ3) is 2.92. The van der Waals surface area contributed by atoms with Gasteiger partial charge in [0.25, 0.3) is 0 Å². The number of hydrogen-bond acceptors (Lipinski definition) is 3. The molecule has 0 aromatic rings. The fourth-order valence-corrected chi connectivity index (χ4v) is 2.09. The number of likely N-dealkylation sites (N-methyl/N-ethyl adjacent to an activating group) is 1. The predicted octanol–water partition coefficient (Wildman–Crippen LogP) is 0.359. The van der Waals surface area contributed by atoms with E-state index in [1.165, 1.54) is 0 Å². The molecule has 1 heterocycles. The maximum atomic E-state index is 12.2. The van der Waals surface area contributed by atoms with E-state index in [4.69, 9.17) is 5.11 Å². The van der Waals surface area contributed by atoms with Gasteiger partial charge in [-0.05, 0) is 39.7 Å². The minimum absolute atomic E-state index is 0.147. The molecule has 0 aromatic carbocycles. The topological polar surface area (TPSA) is 52.6 Å². The largest absolute Gasteiger partial charge is 0.396 e. The molecule has 1 atom stereocenters. The maximum Gasteiger partial charge on any atom is 0.242 e. The summed E-state index contributed by atoms with van der Waals surface area (Å²) in [5.74, 6) is 0.177. The molecule has 0 spiro atoms. The predicted molar refractivity (Wildman–Crippen MR) is 59.6 cm³/mol. The highest BCUT2D eigenvalue weighted by atomic mass is 16.3. The monoisotopic (exact) mass is 214 g/mol. The van der Waals surface area contributed by atoms with Crippen molar-refractivity contribution in [2.24, 2.45) is 0 Å². The van der Waals surface area contributed by atoms with Crippen molar-refractivity contribution in [1.29, 1.82) is 0 Å². The van der Waals surface area contributed by atoms with Gasteiger partial charge in [0.2, 0.25) is 5.91 Å². The van der Waals surface area contributed by atoms with Gasteiger partial charge in [-0.1, -0.05) is 0 Å². The lowest BCUT2D eigenvalue weighted by molar-refractivity contribution is -0.137. The lowest BCUT2D eigenvalue weighted by Gasteiger charge is -2.31. The van der Waals surface area contributed by atoms with Gasteiger partial charge in [0.1, 0.15) is 0 Å². The van der Waals surface area contributed by atoms with E-state index >= 15 is 0 Å². The Morgan fingerprint density at radius 2 is 2.33 bits per heavy atom. The Kier molecular flexibility index (Phi) is 4.54. The van der Waals surface area contributed by atoms with Crippen LogP contribution in [0.1, 0.15) is 33.1 Å². The molecule has 1 aliphatic rings. The van der Waals surface area contributed by atoms with Gasteiger partial charge in [0.15, 0.2) is 0 Å².